The highest BCUT2D eigenvalue weighted by atomic mass is 16.5. The summed E-state index contributed by atoms with van der Waals surface area (Å²) < 4.78 is 5.10. The van der Waals surface area contributed by atoms with Crippen LogP contribution in [0.4, 0.5) is 10.5 Å². The summed E-state index contributed by atoms with van der Waals surface area (Å²) in [5.74, 6) is -0.637. The van der Waals surface area contributed by atoms with Gasteiger partial charge in [0.25, 0.3) is 0 Å². The smallest absolute Gasteiger partial charge is 0.335 e. The number of anilines is 1. The third-order valence-electron chi connectivity index (χ3n) is 3.01. The zero-order valence-electron chi connectivity index (χ0n) is 12.4. The van der Waals surface area contributed by atoms with Crippen LogP contribution in [-0.2, 0) is 0 Å². The molecule has 6 heteroatoms. The molecule has 0 saturated carbocycles. The van der Waals surface area contributed by atoms with Gasteiger partial charge in [-0.15, -0.1) is 0 Å². The Morgan fingerprint density at radius 1 is 1.24 bits per heavy atom. The second-order valence-electron chi connectivity index (χ2n) is 4.66. The number of methoxy groups -OCH3 is 1. The number of urea groups is 1. The zero-order valence-corrected chi connectivity index (χ0v) is 12.4. The molecule has 0 aliphatic heterocycles. The summed E-state index contributed by atoms with van der Waals surface area (Å²) in [4.78, 5) is 22.7. The number of hydrogen-bond acceptors (Lipinski definition) is 3. The van der Waals surface area contributed by atoms with E-state index >= 15 is 0 Å². The number of benzene rings is 1. The lowest BCUT2D eigenvalue weighted by molar-refractivity contribution is 0.0697. The summed E-state index contributed by atoms with van der Waals surface area (Å²) >= 11 is 0. The van der Waals surface area contributed by atoms with Gasteiger partial charge >= 0.3 is 12.0 Å². The highest BCUT2D eigenvalue weighted by Crippen LogP contribution is 2.25. The molecule has 3 N–H and O–H groups in total. The number of carbonyl (C=O) groups is 2. The summed E-state index contributed by atoms with van der Waals surface area (Å²) in [6.45, 7) is 2.72. The Hall–Kier alpha value is -2.24. The molecular formula is C15H22N2O4. The molecular weight excluding hydrogens is 272 g/mol. The predicted molar refractivity (Wildman–Crippen MR) is 81.1 cm³/mol. The molecule has 0 aromatic heterocycles. The van der Waals surface area contributed by atoms with Crippen molar-refractivity contribution < 1.29 is 19.4 Å². The van der Waals surface area contributed by atoms with Crippen LogP contribution in [0, 0.1) is 0 Å². The van der Waals surface area contributed by atoms with Gasteiger partial charge in [-0.3, -0.25) is 0 Å². The maximum atomic E-state index is 11.8. The van der Waals surface area contributed by atoms with E-state index < -0.39 is 5.97 Å². The standard InChI is InChI=1S/C15H22N2O4/c1-3-4-5-6-9-16-15(20)17-12-10-11(14(18)19)7-8-13(12)21-2/h7-8,10H,3-6,9H2,1-2H3,(H,18,19)(H2,16,17,20). The predicted octanol–water partition coefficient (Wildman–Crippen LogP) is 3.10. The van der Waals surface area contributed by atoms with Gasteiger partial charge in [-0.25, -0.2) is 9.59 Å². The maximum absolute atomic E-state index is 11.8. The Balaban J connectivity index is 2.57. The topological polar surface area (TPSA) is 87.7 Å². The van der Waals surface area contributed by atoms with Gasteiger partial charge in [0.2, 0.25) is 0 Å². The van der Waals surface area contributed by atoms with E-state index in [1.54, 1.807) is 0 Å². The van der Waals surface area contributed by atoms with Gasteiger partial charge < -0.3 is 20.5 Å². The number of aromatic carboxylic acids is 1. The van der Waals surface area contributed by atoms with Crippen LogP contribution in [0.5, 0.6) is 5.75 Å². The molecule has 6 nitrogen and oxygen atoms in total. The largest absolute Gasteiger partial charge is 0.495 e. The fourth-order valence-corrected chi connectivity index (χ4v) is 1.86. The number of nitrogens with one attached hydrogen (secondary N) is 2. The molecule has 0 fully saturated rings. The molecule has 0 saturated heterocycles. The van der Waals surface area contributed by atoms with Crippen LogP contribution in [0.2, 0.25) is 0 Å². The van der Waals surface area contributed by atoms with Gasteiger partial charge in [-0.1, -0.05) is 26.2 Å². The zero-order chi connectivity index (χ0) is 15.7. The van der Waals surface area contributed by atoms with Gasteiger partial charge in [0.15, 0.2) is 0 Å². The molecule has 0 aliphatic carbocycles. The monoisotopic (exact) mass is 294 g/mol. The lowest BCUT2D eigenvalue weighted by atomic mass is 10.2. The SMILES string of the molecule is CCCCCCNC(=O)Nc1cc(C(=O)O)ccc1OC. The van der Waals surface area contributed by atoms with E-state index in [9.17, 15) is 9.59 Å². The molecule has 21 heavy (non-hydrogen) atoms. The van der Waals surface area contributed by atoms with Crippen molar-refractivity contribution in [3.63, 3.8) is 0 Å². The third-order valence-corrected chi connectivity index (χ3v) is 3.01. The van der Waals surface area contributed by atoms with Crippen molar-refractivity contribution in [3.05, 3.63) is 23.8 Å². The summed E-state index contributed by atoms with van der Waals surface area (Å²) in [6, 6.07) is 3.94. The average Bonchev–Trinajstić information content (AvgIpc) is 2.46. The number of hydrogen-bond donors (Lipinski definition) is 3. The number of rotatable bonds is 8. The molecule has 0 radical (unpaired) electrons. The molecule has 116 valence electrons. The second-order valence-corrected chi connectivity index (χ2v) is 4.66. The second kappa shape index (κ2) is 8.84. The first-order valence-electron chi connectivity index (χ1n) is 7.04. The highest BCUT2D eigenvalue weighted by Gasteiger charge is 2.11. The molecule has 0 spiro atoms. The van der Waals surface area contributed by atoms with Crippen LogP contribution in [0.25, 0.3) is 0 Å². The van der Waals surface area contributed by atoms with E-state index in [1.807, 2.05) is 0 Å². The first-order valence-corrected chi connectivity index (χ1v) is 7.04. The molecule has 0 atom stereocenters. The van der Waals surface area contributed by atoms with Crippen molar-refractivity contribution in [1.29, 1.82) is 0 Å². The minimum absolute atomic E-state index is 0.0917. The fourth-order valence-electron chi connectivity index (χ4n) is 1.86. The highest BCUT2D eigenvalue weighted by molar-refractivity contribution is 5.94. The first kappa shape index (κ1) is 16.8. The molecule has 1 aromatic carbocycles. The molecule has 0 unspecified atom stereocenters. The molecule has 0 heterocycles. The van der Waals surface area contributed by atoms with Crippen LogP contribution in [0.1, 0.15) is 43.0 Å². The van der Waals surface area contributed by atoms with Crippen molar-refractivity contribution >= 4 is 17.7 Å². The minimum atomic E-state index is -1.05. The van der Waals surface area contributed by atoms with E-state index in [2.05, 4.69) is 17.6 Å². The summed E-state index contributed by atoms with van der Waals surface area (Å²) in [5, 5.41) is 14.3. The van der Waals surface area contributed by atoms with Crippen LogP contribution in [0.3, 0.4) is 0 Å². The van der Waals surface area contributed by atoms with Gasteiger partial charge in [-0.2, -0.15) is 0 Å². The minimum Gasteiger partial charge on any atom is -0.495 e. The quantitative estimate of drug-likeness (QED) is 0.643. The van der Waals surface area contributed by atoms with Crippen LogP contribution >= 0.6 is 0 Å². The number of carboxylic acid groups (broad SMARTS) is 1. The Morgan fingerprint density at radius 3 is 2.62 bits per heavy atom. The third kappa shape index (κ3) is 5.72. The lowest BCUT2D eigenvalue weighted by Crippen LogP contribution is -2.29. The Bertz CT molecular complexity index is 489. The van der Waals surface area contributed by atoms with Crippen LogP contribution in [0.15, 0.2) is 18.2 Å². The Kier molecular flexibility index (Phi) is 7.08. The van der Waals surface area contributed by atoms with E-state index in [4.69, 9.17) is 9.84 Å². The molecule has 2 amide bonds. The number of unbranched alkanes of at least 4 members (excludes halogenated alkanes) is 3. The number of amides is 2. The number of carbonyl (C=O) groups excluding carboxylic acids is 1. The van der Waals surface area contributed by atoms with Crippen molar-refractivity contribution in [2.24, 2.45) is 0 Å². The normalized spacial score (nSPS) is 10.0. The molecule has 1 rings (SSSR count). The van der Waals surface area contributed by atoms with Crippen LogP contribution < -0.4 is 15.4 Å². The summed E-state index contributed by atoms with van der Waals surface area (Å²) in [6.07, 6.45) is 4.30. The van der Waals surface area contributed by atoms with Crippen molar-refractivity contribution in [3.8, 4) is 5.75 Å². The van der Waals surface area contributed by atoms with E-state index in [0.29, 0.717) is 18.0 Å². The Labute approximate surface area is 124 Å². The van der Waals surface area contributed by atoms with Gasteiger partial charge in [-0.05, 0) is 24.6 Å². The molecule has 1 aromatic rings. The van der Waals surface area contributed by atoms with E-state index in [-0.39, 0.29) is 11.6 Å². The number of carboxylic acids is 1. The number of ether oxygens (including phenoxy) is 1. The maximum Gasteiger partial charge on any atom is 0.335 e. The van der Waals surface area contributed by atoms with Crippen molar-refractivity contribution in [2.45, 2.75) is 32.6 Å². The fraction of sp³-hybridized carbons (Fsp3) is 0.467. The van der Waals surface area contributed by atoms with Crippen LogP contribution in [-0.4, -0.2) is 30.8 Å². The average molecular weight is 294 g/mol. The Morgan fingerprint density at radius 2 is 2.00 bits per heavy atom. The van der Waals surface area contributed by atoms with Gasteiger partial charge in [0, 0.05) is 6.54 Å². The van der Waals surface area contributed by atoms with Gasteiger partial charge in [0.1, 0.15) is 5.75 Å². The molecule has 0 bridgehead atoms. The van der Waals surface area contributed by atoms with Crippen molar-refractivity contribution in [1.82, 2.24) is 5.32 Å². The van der Waals surface area contributed by atoms with Crippen molar-refractivity contribution in [2.75, 3.05) is 19.0 Å². The molecule has 0 aliphatic rings. The van der Waals surface area contributed by atoms with Gasteiger partial charge in [0.05, 0.1) is 18.4 Å². The lowest BCUT2D eigenvalue weighted by Gasteiger charge is -2.12. The summed E-state index contributed by atoms with van der Waals surface area (Å²) in [7, 11) is 1.46. The van der Waals surface area contributed by atoms with E-state index in [1.165, 1.54) is 25.3 Å². The van der Waals surface area contributed by atoms with E-state index in [0.717, 1.165) is 25.7 Å². The summed E-state index contributed by atoms with van der Waals surface area (Å²) in [5.41, 5.74) is 0.428. The first-order chi connectivity index (χ1) is 10.1.